The second-order valence-electron chi connectivity index (χ2n) is 6.80. The van der Waals surface area contributed by atoms with Crippen molar-refractivity contribution in [1.82, 2.24) is 4.90 Å². The van der Waals surface area contributed by atoms with Crippen LogP contribution in [0, 0.1) is 0 Å². The minimum Gasteiger partial charge on any atom is -0.300 e. The zero-order valence-electron chi connectivity index (χ0n) is 16.1. The Morgan fingerprint density at radius 3 is 2.63 bits per heavy atom. The van der Waals surface area contributed by atoms with E-state index in [9.17, 15) is 8.42 Å². The summed E-state index contributed by atoms with van der Waals surface area (Å²) in [5.41, 5.74) is 2.02. The van der Waals surface area contributed by atoms with Crippen molar-refractivity contribution in [1.29, 1.82) is 0 Å². The average molecular weight is 405 g/mol. The minimum absolute atomic E-state index is 0.326. The van der Waals surface area contributed by atoms with Crippen LogP contribution in [0.1, 0.15) is 42.7 Å². The summed E-state index contributed by atoms with van der Waals surface area (Å²) >= 11 is 1.58. The van der Waals surface area contributed by atoms with E-state index in [1.54, 1.807) is 23.5 Å². The first kappa shape index (κ1) is 20.1. The molecule has 6 heteroatoms. The van der Waals surface area contributed by atoms with E-state index in [0.29, 0.717) is 4.90 Å². The molecule has 4 nitrogen and oxygen atoms in total. The molecule has 0 fully saturated rings. The van der Waals surface area contributed by atoms with Gasteiger partial charge in [0.05, 0.1) is 4.90 Å². The SMILES string of the molecule is CCN(CC)C/C=C\c1ccccc1S(=O)(=O)Nc1cc2c(s1)CCCC2. The van der Waals surface area contributed by atoms with Crippen molar-refractivity contribution < 1.29 is 8.42 Å². The van der Waals surface area contributed by atoms with Crippen LogP contribution < -0.4 is 4.72 Å². The summed E-state index contributed by atoms with van der Waals surface area (Å²) < 4.78 is 28.8. The maximum absolute atomic E-state index is 13.0. The highest BCUT2D eigenvalue weighted by molar-refractivity contribution is 7.93. The van der Waals surface area contributed by atoms with Gasteiger partial charge in [-0.25, -0.2) is 8.42 Å². The zero-order chi connectivity index (χ0) is 19.3. The van der Waals surface area contributed by atoms with Gasteiger partial charge in [0.1, 0.15) is 5.00 Å². The molecule has 1 heterocycles. The second kappa shape index (κ2) is 9.04. The molecule has 1 aromatic carbocycles. The van der Waals surface area contributed by atoms with Gasteiger partial charge in [-0.2, -0.15) is 0 Å². The van der Waals surface area contributed by atoms with Crippen LogP contribution in [0.3, 0.4) is 0 Å². The van der Waals surface area contributed by atoms with Crippen molar-refractivity contribution in [2.24, 2.45) is 0 Å². The first-order chi connectivity index (χ1) is 13.0. The number of benzene rings is 1. The molecule has 1 N–H and O–H groups in total. The Balaban J connectivity index is 1.80. The highest BCUT2D eigenvalue weighted by Crippen LogP contribution is 2.34. The largest absolute Gasteiger partial charge is 0.300 e. The molecule has 0 saturated carbocycles. The van der Waals surface area contributed by atoms with E-state index in [2.05, 4.69) is 23.5 Å². The zero-order valence-corrected chi connectivity index (χ0v) is 17.7. The van der Waals surface area contributed by atoms with Gasteiger partial charge in [0.15, 0.2) is 0 Å². The lowest BCUT2D eigenvalue weighted by Crippen LogP contribution is -2.22. The van der Waals surface area contributed by atoms with E-state index in [4.69, 9.17) is 0 Å². The number of nitrogens with one attached hydrogen (secondary N) is 1. The number of hydrogen-bond acceptors (Lipinski definition) is 4. The molecular formula is C21H28N2O2S2. The first-order valence-electron chi connectivity index (χ1n) is 9.65. The third kappa shape index (κ3) is 5.00. The Hall–Kier alpha value is -1.63. The monoisotopic (exact) mass is 404 g/mol. The van der Waals surface area contributed by atoms with E-state index < -0.39 is 10.0 Å². The number of aryl methyl sites for hydroxylation is 2. The van der Waals surface area contributed by atoms with Crippen LogP contribution in [0.2, 0.25) is 0 Å². The maximum atomic E-state index is 13.0. The number of hydrogen-bond donors (Lipinski definition) is 1. The number of nitrogens with zero attached hydrogens (tertiary/aromatic N) is 1. The van der Waals surface area contributed by atoms with Gasteiger partial charge in [0, 0.05) is 11.4 Å². The maximum Gasteiger partial charge on any atom is 0.263 e. The second-order valence-corrected chi connectivity index (χ2v) is 9.59. The van der Waals surface area contributed by atoms with Crippen LogP contribution in [0.5, 0.6) is 0 Å². The van der Waals surface area contributed by atoms with Crippen molar-refractivity contribution >= 4 is 32.4 Å². The third-order valence-corrected chi connectivity index (χ3v) is 7.72. The number of likely N-dealkylation sites (N-methyl/N-ethyl adjacent to an activating group) is 1. The van der Waals surface area contributed by atoms with Crippen LogP contribution in [0.15, 0.2) is 41.3 Å². The quantitative estimate of drug-likeness (QED) is 0.689. The lowest BCUT2D eigenvalue weighted by Gasteiger charge is -2.15. The van der Waals surface area contributed by atoms with Crippen LogP contribution in [-0.4, -0.2) is 33.0 Å². The van der Waals surface area contributed by atoms with Gasteiger partial charge < -0.3 is 4.90 Å². The smallest absolute Gasteiger partial charge is 0.263 e. The molecule has 146 valence electrons. The fraction of sp³-hybridized carbons (Fsp3) is 0.429. The molecule has 0 saturated heterocycles. The number of fused-ring (bicyclic) bond motifs is 1. The van der Waals surface area contributed by atoms with E-state index in [1.165, 1.54) is 23.3 Å². The Morgan fingerprint density at radius 1 is 1.15 bits per heavy atom. The van der Waals surface area contributed by atoms with Crippen molar-refractivity contribution in [3.8, 4) is 0 Å². The molecule has 3 rings (SSSR count). The van der Waals surface area contributed by atoms with Crippen molar-refractivity contribution in [3.05, 3.63) is 52.4 Å². The van der Waals surface area contributed by atoms with Gasteiger partial charge in [-0.1, -0.05) is 44.2 Å². The Kier molecular flexibility index (Phi) is 6.73. The summed E-state index contributed by atoms with van der Waals surface area (Å²) in [6.45, 7) is 7.02. The molecule has 27 heavy (non-hydrogen) atoms. The van der Waals surface area contributed by atoms with E-state index in [1.807, 2.05) is 30.4 Å². The van der Waals surface area contributed by atoms with E-state index >= 15 is 0 Å². The molecule has 0 bridgehead atoms. The molecule has 1 aliphatic carbocycles. The average Bonchev–Trinajstić information content (AvgIpc) is 3.07. The minimum atomic E-state index is -3.61. The Morgan fingerprint density at radius 2 is 1.89 bits per heavy atom. The van der Waals surface area contributed by atoms with Crippen molar-refractivity contribution in [3.63, 3.8) is 0 Å². The summed E-state index contributed by atoms with van der Waals surface area (Å²) in [6, 6.07) is 9.19. The summed E-state index contributed by atoms with van der Waals surface area (Å²) in [7, 11) is -3.61. The normalized spacial score (nSPS) is 14.6. The van der Waals surface area contributed by atoms with Crippen LogP contribution in [-0.2, 0) is 22.9 Å². The topological polar surface area (TPSA) is 49.4 Å². The molecule has 2 aromatic rings. The molecule has 1 aliphatic rings. The van der Waals surface area contributed by atoms with Crippen molar-refractivity contribution in [2.45, 2.75) is 44.4 Å². The first-order valence-corrected chi connectivity index (χ1v) is 12.0. The summed E-state index contributed by atoms with van der Waals surface area (Å²) in [5, 5.41) is 0.726. The summed E-state index contributed by atoms with van der Waals surface area (Å²) in [4.78, 5) is 3.93. The van der Waals surface area contributed by atoms with Gasteiger partial charge in [0.2, 0.25) is 0 Å². The third-order valence-electron chi connectivity index (χ3n) is 5.00. The predicted octanol–water partition coefficient (Wildman–Crippen LogP) is 4.78. The molecule has 0 aliphatic heterocycles. The van der Waals surface area contributed by atoms with Gasteiger partial charge in [-0.05, 0) is 62.0 Å². The van der Waals surface area contributed by atoms with Gasteiger partial charge in [-0.15, -0.1) is 11.3 Å². The molecule has 0 spiro atoms. The number of anilines is 1. The van der Waals surface area contributed by atoms with Crippen LogP contribution in [0.4, 0.5) is 5.00 Å². The number of thiophene rings is 1. The fourth-order valence-corrected chi connectivity index (χ4v) is 6.04. The van der Waals surface area contributed by atoms with Gasteiger partial charge in [0.25, 0.3) is 10.0 Å². The highest BCUT2D eigenvalue weighted by Gasteiger charge is 2.20. The lowest BCUT2D eigenvalue weighted by atomic mass is 10.00. The molecule has 0 atom stereocenters. The molecule has 1 aromatic heterocycles. The van der Waals surface area contributed by atoms with Crippen LogP contribution in [0.25, 0.3) is 6.08 Å². The standard InChI is InChI=1S/C21H28N2O2S2/c1-3-23(4-2)15-9-12-17-10-6-8-14-20(17)27(24,25)22-21-16-18-11-5-7-13-19(18)26-21/h6,8-10,12,14,16,22H,3-5,7,11,13,15H2,1-2H3/b12-9-. The fourth-order valence-electron chi connectivity index (χ4n) is 3.40. The summed E-state index contributed by atoms with van der Waals surface area (Å²) in [6.07, 6.45) is 8.44. The lowest BCUT2D eigenvalue weighted by molar-refractivity contribution is 0.338. The van der Waals surface area contributed by atoms with Gasteiger partial charge >= 0.3 is 0 Å². The van der Waals surface area contributed by atoms with Crippen LogP contribution >= 0.6 is 11.3 Å². The number of sulfonamides is 1. The van der Waals surface area contributed by atoms with E-state index in [0.717, 1.165) is 43.0 Å². The van der Waals surface area contributed by atoms with E-state index in [-0.39, 0.29) is 0 Å². The molecule has 0 unspecified atom stereocenters. The van der Waals surface area contributed by atoms with Gasteiger partial charge in [-0.3, -0.25) is 4.72 Å². The Bertz CT molecular complexity index is 873. The molecule has 0 amide bonds. The Labute approximate surface area is 167 Å². The molecular weight excluding hydrogens is 376 g/mol. The van der Waals surface area contributed by atoms with Crippen molar-refractivity contribution in [2.75, 3.05) is 24.4 Å². The number of rotatable bonds is 8. The summed E-state index contributed by atoms with van der Waals surface area (Å²) in [5.74, 6) is 0. The molecule has 0 radical (unpaired) electrons. The highest BCUT2D eigenvalue weighted by atomic mass is 32.2. The predicted molar refractivity (Wildman–Crippen MR) is 115 cm³/mol.